The number of fused-ring (bicyclic) bond motifs is 1. The molecule has 0 unspecified atom stereocenters. The highest BCUT2D eigenvalue weighted by atomic mass is 32.2. The second-order valence-corrected chi connectivity index (χ2v) is 15.0. The number of hydrogen-bond acceptors (Lipinski definition) is 6. The molecule has 39 heavy (non-hydrogen) atoms. The fourth-order valence-electron chi connectivity index (χ4n) is 4.18. The highest BCUT2D eigenvalue weighted by molar-refractivity contribution is 7.98. The molecule has 3 rings (SSSR count). The molecule has 0 saturated carbocycles. The van der Waals surface area contributed by atoms with E-state index in [0.29, 0.717) is 17.5 Å². The molecule has 0 aromatic heterocycles. The van der Waals surface area contributed by atoms with E-state index in [9.17, 15) is 35.9 Å². The summed E-state index contributed by atoms with van der Waals surface area (Å²) in [7, 11) is -9.34. The Hall–Kier alpha value is -1.79. The lowest BCUT2D eigenvalue weighted by atomic mass is 10.0. The zero-order chi connectivity index (χ0) is 29.4. The van der Waals surface area contributed by atoms with Crippen molar-refractivity contribution in [2.24, 2.45) is 5.92 Å². The van der Waals surface area contributed by atoms with Gasteiger partial charge >= 0.3 is 7.60 Å². The van der Waals surface area contributed by atoms with Crippen molar-refractivity contribution in [3.63, 3.8) is 0 Å². The van der Waals surface area contributed by atoms with E-state index in [1.165, 1.54) is 30.0 Å². The normalized spacial score (nSPS) is 21.1. The van der Waals surface area contributed by atoms with Gasteiger partial charge in [-0.15, -0.1) is 11.8 Å². The average molecular weight is 614 g/mol. The van der Waals surface area contributed by atoms with Gasteiger partial charge in [-0.1, -0.05) is 6.92 Å². The first-order chi connectivity index (χ1) is 17.9. The van der Waals surface area contributed by atoms with Crippen molar-refractivity contribution in [2.45, 2.75) is 66.4 Å². The van der Waals surface area contributed by atoms with Crippen LogP contribution >= 0.6 is 19.4 Å². The van der Waals surface area contributed by atoms with Gasteiger partial charge in [-0.3, -0.25) is 4.57 Å². The standard InChI is InChI=1S/C25H32F4NO6PS2/c1-5-24(2,37(31,32)33)15-36-20-13-22-19(12-21(20)38-4)30(18-8-6-17(26)7-9-18)14-16(10-11-25(3,28)29)23(27)39(22,34)35/h6-9,12-13,16,23H,5,10-11,14-15H2,1-4H3,(H2,31,32,33)/t16-,23+,24-/m1/s1. The number of halogens is 4. The maximum absolute atomic E-state index is 15.7. The van der Waals surface area contributed by atoms with Crippen LogP contribution in [0.4, 0.5) is 28.9 Å². The van der Waals surface area contributed by atoms with Crippen molar-refractivity contribution >= 4 is 40.6 Å². The number of hydrogen-bond donors (Lipinski definition) is 2. The Balaban J connectivity index is 2.18. The monoisotopic (exact) mass is 613 g/mol. The molecule has 0 saturated heterocycles. The summed E-state index contributed by atoms with van der Waals surface area (Å²) in [5.41, 5.74) is -2.14. The third kappa shape index (κ3) is 6.93. The lowest BCUT2D eigenvalue weighted by Crippen LogP contribution is -2.32. The highest BCUT2D eigenvalue weighted by Crippen LogP contribution is 2.53. The summed E-state index contributed by atoms with van der Waals surface area (Å²) >= 11 is 1.16. The molecule has 2 aromatic rings. The third-order valence-corrected chi connectivity index (χ3v) is 11.6. The van der Waals surface area contributed by atoms with Gasteiger partial charge in [0.15, 0.2) is 0 Å². The minimum atomic E-state index is -4.73. The molecule has 218 valence electrons. The van der Waals surface area contributed by atoms with Crippen LogP contribution in [-0.4, -0.2) is 54.2 Å². The first-order valence-electron chi connectivity index (χ1n) is 12.1. The van der Waals surface area contributed by atoms with E-state index >= 15 is 4.39 Å². The summed E-state index contributed by atoms with van der Waals surface area (Å²) in [5.74, 6) is -5.05. The fraction of sp³-hybridized carbons (Fsp3) is 0.520. The molecular formula is C25H32F4NO6PS2. The summed E-state index contributed by atoms with van der Waals surface area (Å²) in [4.78, 5) is 21.0. The number of benzene rings is 2. The smallest absolute Gasteiger partial charge is 0.334 e. The highest BCUT2D eigenvalue weighted by Gasteiger charge is 2.44. The van der Waals surface area contributed by atoms with Gasteiger partial charge in [0.05, 0.1) is 15.5 Å². The average Bonchev–Trinajstić information content (AvgIpc) is 2.93. The first-order valence-corrected chi connectivity index (χ1v) is 16.5. The van der Waals surface area contributed by atoms with Crippen LogP contribution in [0.15, 0.2) is 46.2 Å². The Bertz CT molecular complexity index is 1330. The zero-order valence-corrected chi connectivity index (χ0v) is 24.4. The molecule has 2 aromatic carbocycles. The van der Waals surface area contributed by atoms with Crippen LogP contribution < -0.4 is 9.64 Å². The molecule has 1 heterocycles. The predicted octanol–water partition coefficient (Wildman–Crippen LogP) is 6.55. The quantitative estimate of drug-likeness (QED) is 0.177. The number of nitrogens with zero attached hydrogens (tertiary/aromatic N) is 1. The van der Waals surface area contributed by atoms with E-state index in [1.807, 2.05) is 0 Å². The number of thioether (sulfide) groups is 1. The topological polar surface area (TPSA) is 104 Å². The van der Waals surface area contributed by atoms with Gasteiger partial charge in [0.25, 0.3) is 0 Å². The molecule has 0 spiro atoms. The van der Waals surface area contributed by atoms with E-state index in [0.717, 1.165) is 30.0 Å². The largest absolute Gasteiger partial charge is 0.491 e. The van der Waals surface area contributed by atoms with Gasteiger partial charge in [-0.2, -0.15) is 0 Å². The Morgan fingerprint density at radius 2 is 1.79 bits per heavy atom. The van der Waals surface area contributed by atoms with E-state index in [-0.39, 0.29) is 24.4 Å². The number of anilines is 2. The maximum Gasteiger partial charge on any atom is 0.334 e. The van der Waals surface area contributed by atoms with E-state index in [4.69, 9.17) is 4.74 Å². The summed E-state index contributed by atoms with van der Waals surface area (Å²) in [6.07, 6.45) is 0.576. The Morgan fingerprint density at radius 3 is 2.31 bits per heavy atom. The van der Waals surface area contributed by atoms with Crippen LogP contribution in [0, 0.1) is 11.7 Å². The van der Waals surface area contributed by atoms with Crippen LogP contribution in [0.25, 0.3) is 0 Å². The molecule has 0 aliphatic carbocycles. The predicted molar refractivity (Wildman–Crippen MR) is 143 cm³/mol. The van der Waals surface area contributed by atoms with E-state index in [2.05, 4.69) is 0 Å². The van der Waals surface area contributed by atoms with Gasteiger partial charge < -0.3 is 19.4 Å². The third-order valence-electron chi connectivity index (χ3n) is 7.02. The van der Waals surface area contributed by atoms with Crippen LogP contribution in [-0.2, 0) is 14.4 Å². The lowest BCUT2D eigenvalue weighted by molar-refractivity contribution is 0.00529. The second kappa shape index (κ2) is 11.6. The minimum Gasteiger partial charge on any atom is -0.491 e. The molecule has 0 fully saturated rings. The molecule has 1 aliphatic heterocycles. The van der Waals surface area contributed by atoms with E-state index < -0.39 is 70.1 Å². The summed E-state index contributed by atoms with van der Waals surface area (Å²) in [6.45, 7) is 2.88. The first kappa shape index (κ1) is 31.7. The fourth-order valence-corrected chi connectivity index (χ4v) is 7.08. The van der Waals surface area contributed by atoms with Crippen molar-refractivity contribution in [1.29, 1.82) is 0 Å². The number of sulfone groups is 1. The van der Waals surface area contributed by atoms with Gasteiger partial charge in [-0.05, 0) is 63.3 Å². The van der Waals surface area contributed by atoms with Gasteiger partial charge in [0.2, 0.25) is 21.3 Å². The molecule has 7 nitrogen and oxygen atoms in total. The molecule has 1 aliphatic rings. The molecule has 2 N–H and O–H groups in total. The van der Waals surface area contributed by atoms with Crippen molar-refractivity contribution < 1.29 is 45.1 Å². The van der Waals surface area contributed by atoms with Gasteiger partial charge in [-0.25, -0.2) is 26.0 Å². The molecule has 14 heteroatoms. The van der Waals surface area contributed by atoms with Gasteiger partial charge in [0, 0.05) is 30.6 Å². The summed E-state index contributed by atoms with van der Waals surface area (Å²) in [6, 6.07) is 7.61. The number of rotatable bonds is 10. The summed E-state index contributed by atoms with van der Waals surface area (Å²) in [5, 5.41) is -1.56. The lowest BCUT2D eigenvalue weighted by Gasteiger charge is -2.30. The second-order valence-electron chi connectivity index (χ2n) is 10.0. The number of ether oxygens (including phenoxy) is 1. The van der Waals surface area contributed by atoms with Gasteiger partial charge in [0.1, 0.15) is 23.3 Å². The minimum absolute atomic E-state index is 0.0252. The van der Waals surface area contributed by atoms with Crippen molar-refractivity contribution in [3.8, 4) is 5.75 Å². The van der Waals surface area contributed by atoms with Crippen LogP contribution in [0.2, 0.25) is 0 Å². The Morgan fingerprint density at radius 1 is 1.18 bits per heavy atom. The Labute approximate surface area is 230 Å². The maximum atomic E-state index is 15.7. The van der Waals surface area contributed by atoms with Crippen molar-refractivity contribution in [2.75, 3.05) is 24.3 Å². The SMILES string of the molecule is CC[C@](C)(COc1cc2c(cc1SC)N(c1ccc(F)cc1)C[C@@H](CCC(C)(F)F)[C@@H](F)S2(=O)=O)P(=O)(O)O. The van der Waals surface area contributed by atoms with Crippen LogP contribution in [0.1, 0.15) is 40.0 Å². The van der Waals surface area contributed by atoms with E-state index in [1.54, 1.807) is 13.2 Å². The molecular weight excluding hydrogens is 581 g/mol. The Kier molecular flexibility index (Phi) is 9.44. The zero-order valence-electron chi connectivity index (χ0n) is 21.9. The van der Waals surface area contributed by atoms with Crippen LogP contribution in [0.5, 0.6) is 5.75 Å². The molecule has 0 amide bonds. The van der Waals surface area contributed by atoms with Crippen molar-refractivity contribution in [1.82, 2.24) is 0 Å². The molecule has 0 radical (unpaired) electrons. The van der Waals surface area contributed by atoms with Crippen LogP contribution in [0.3, 0.4) is 0 Å². The summed E-state index contributed by atoms with van der Waals surface area (Å²) < 4.78 is 102. The molecule has 0 bridgehead atoms. The van der Waals surface area contributed by atoms with Crippen molar-refractivity contribution in [3.05, 3.63) is 42.2 Å². The number of alkyl halides is 3. The molecule has 3 atom stereocenters.